The number of alkyl halides is 3. The summed E-state index contributed by atoms with van der Waals surface area (Å²) in [5, 5.41) is 0. The summed E-state index contributed by atoms with van der Waals surface area (Å²) >= 11 is 0. The van der Waals surface area contributed by atoms with Crippen molar-refractivity contribution in [1.29, 1.82) is 0 Å². The van der Waals surface area contributed by atoms with Crippen molar-refractivity contribution in [3.05, 3.63) is 70.8 Å². The largest absolute Gasteiger partial charge is 0.416 e. The van der Waals surface area contributed by atoms with Crippen LogP contribution in [0.2, 0.25) is 0 Å². The average molecular weight is 432 g/mol. The topological polar surface area (TPSA) is 32.8 Å². The molecule has 0 saturated carbocycles. The molecular weight excluding hydrogens is 405 g/mol. The molecule has 166 valence electrons. The maximum Gasteiger partial charge on any atom is 0.416 e. The molecule has 4 nitrogen and oxygen atoms in total. The van der Waals surface area contributed by atoms with Crippen molar-refractivity contribution >= 4 is 5.91 Å². The first-order valence-electron chi connectivity index (χ1n) is 10.6. The van der Waals surface area contributed by atoms with E-state index < -0.39 is 11.7 Å². The molecule has 2 aliphatic heterocycles. The Kier molecular flexibility index (Phi) is 6.34. The van der Waals surface area contributed by atoms with Gasteiger partial charge < -0.3 is 9.64 Å². The molecule has 2 fully saturated rings. The molecule has 7 heteroatoms. The highest BCUT2D eigenvalue weighted by molar-refractivity contribution is 5.94. The molecule has 2 aromatic rings. The zero-order valence-corrected chi connectivity index (χ0v) is 17.6. The maximum absolute atomic E-state index is 13.3. The van der Waals surface area contributed by atoms with Crippen molar-refractivity contribution in [3.63, 3.8) is 0 Å². The fraction of sp³-hybridized carbons (Fsp3) is 0.458. The first-order chi connectivity index (χ1) is 14.8. The van der Waals surface area contributed by atoms with E-state index in [9.17, 15) is 18.0 Å². The molecule has 2 heterocycles. The van der Waals surface area contributed by atoms with Crippen molar-refractivity contribution in [2.24, 2.45) is 5.92 Å². The molecule has 2 saturated heterocycles. The van der Waals surface area contributed by atoms with Crippen LogP contribution in [0.1, 0.15) is 33.0 Å². The SMILES string of the molecule is Cc1cccc(C(=O)N2CC(CN3CCOCC3)C(c3cccc(C(F)(F)F)c3)C2)c1. The van der Waals surface area contributed by atoms with Gasteiger partial charge in [0.05, 0.1) is 18.8 Å². The van der Waals surface area contributed by atoms with Gasteiger partial charge >= 0.3 is 6.18 Å². The first kappa shape index (κ1) is 21.8. The number of carbonyl (C=O) groups is 1. The zero-order chi connectivity index (χ0) is 22.0. The van der Waals surface area contributed by atoms with E-state index in [4.69, 9.17) is 4.74 Å². The molecule has 0 spiro atoms. The summed E-state index contributed by atoms with van der Waals surface area (Å²) in [6.45, 7) is 6.55. The molecule has 2 aromatic carbocycles. The summed E-state index contributed by atoms with van der Waals surface area (Å²) in [5.74, 6) is -0.139. The highest BCUT2D eigenvalue weighted by Gasteiger charge is 2.39. The van der Waals surface area contributed by atoms with E-state index in [1.165, 1.54) is 12.1 Å². The molecule has 2 aliphatic rings. The second-order valence-corrected chi connectivity index (χ2v) is 8.48. The van der Waals surface area contributed by atoms with Crippen LogP contribution in [-0.2, 0) is 10.9 Å². The van der Waals surface area contributed by atoms with E-state index >= 15 is 0 Å². The van der Waals surface area contributed by atoms with Crippen LogP contribution in [-0.4, -0.2) is 61.6 Å². The molecule has 1 amide bonds. The number of ether oxygens (including phenoxy) is 1. The van der Waals surface area contributed by atoms with E-state index in [2.05, 4.69) is 4.90 Å². The molecule has 0 aromatic heterocycles. The highest BCUT2D eigenvalue weighted by atomic mass is 19.4. The number of likely N-dealkylation sites (tertiary alicyclic amines) is 1. The van der Waals surface area contributed by atoms with E-state index in [1.807, 2.05) is 25.1 Å². The Hall–Kier alpha value is -2.38. The van der Waals surface area contributed by atoms with E-state index in [1.54, 1.807) is 17.0 Å². The number of carbonyl (C=O) groups excluding carboxylic acids is 1. The lowest BCUT2D eigenvalue weighted by atomic mass is 9.87. The fourth-order valence-corrected chi connectivity index (χ4v) is 4.62. The Balaban J connectivity index is 1.59. The molecule has 2 unspecified atom stereocenters. The van der Waals surface area contributed by atoms with Crippen LogP contribution in [0.4, 0.5) is 13.2 Å². The summed E-state index contributed by atoms with van der Waals surface area (Å²) in [6, 6.07) is 13.0. The molecule has 0 aliphatic carbocycles. The lowest BCUT2D eigenvalue weighted by molar-refractivity contribution is -0.137. The Labute approximate surface area is 180 Å². The lowest BCUT2D eigenvalue weighted by Gasteiger charge is -2.31. The summed E-state index contributed by atoms with van der Waals surface area (Å²) in [4.78, 5) is 17.2. The Bertz CT molecular complexity index is 925. The van der Waals surface area contributed by atoms with Crippen molar-refractivity contribution in [1.82, 2.24) is 9.80 Å². The summed E-state index contributed by atoms with van der Waals surface area (Å²) in [6.07, 6.45) is -4.38. The van der Waals surface area contributed by atoms with Gasteiger partial charge in [0.25, 0.3) is 5.91 Å². The van der Waals surface area contributed by atoms with Gasteiger partial charge in [0, 0.05) is 44.2 Å². The van der Waals surface area contributed by atoms with E-state index in [-0.39, 0.29) is 17.7 Å². The summed E-state index contributed by atoms with van der Waals surface area (Å²) in [5.41, 5.74) is 1.63. The number of hydrogen-bond donors (Lipinski definition) is 0. The number of benzene rings is 2. The molecule has 2 atom stereocenters. The van der Waals surface area contributed by atoms with Crippen molar-refractivity contribution in [2.45, 2.75) is 19.0 Å². The molecule has 0 radical (unpaired) electrons. The van der Waals surface area contributed by atoms with Gasteiger partial charge in [-0.15, -0.1) is 0 Å². The standard InChI is InChI=1S/C24H27F3N2O2/c1-17-4-2-6-19(12-17)23(30)29-15-20(14-28-8-10-31-11-9-28)22(16-29)18-5-3-7-21(13-18)24(25,26)27/h2-7,12-13,20,22H,8-11,14-16H2,1H3. The number of halogens is 3. The third-order valence-corrected chi connectivity index (χ3v) is 6.23. The number of morpholine rings is 1. The minimum atomic E-state index is -4.38. The highest BCUT2D eigenvalue weighted by Crippen LogP contribution is 2.37. The second-order valence-electron chi connectivity index (χ2n) is 8.48. The van der Waals surface area contributed by atoms with Crippen molar-refractivity contribution < 1.29 is 22.7 Å². The lowest BCUT2D eigenvalue weighted by Crippen LogP contribution is -2.41. The summed E-state index contributed by atoms with van der Waals surface area (Å²) < 4.78 is 45.3. The van der Waals surface area contributed by atoms with E-state index in [0.29, 0.717) is 37.4 Å². The van der Waals surface area contributed by atoms with Crippen LogP contribution in [0.15, 0.2) is 48.5 Å². The normalized spacial score (nSPS) is 22.6. The van der Waals surface area contributed by atoms with Gasteiger partial charge in [-0.25, -0.2) is 0 Å². The van der Waals surface area contributed by atoms with E-state index in [0.717, 1.165) is 31.3 Å². The predicted molar refractivity (Wildman–Crippen MR) is 112 cm³/mol. The third-order valence-electron chi connectivity index (χ3n) is 6.23. The Morgan fingerprint density at radius 1 is 1.06 bits per heavy atom. The number of hydrogen-bond acceptors (Lipinski definition) is 3. The van der Waals surface area contributed by atoms with Gasteiger partial charge in [-0.3, -0.25) is 9.69 Å². The monoisotopic (exact) mass is 432 g/mol. The number of aryl methyl sites for hydroxylation is 1. The van der Waals surface area contributed by atoms with Gasteiger partial charge in [-0.2, -0.15) is 13.2 Å². The van der Waals surface area contributed by atoms with Gasteiger partial charge in [-0.1, -0.05) is 35.9 Å². The van der Waals surface area contributed by atoms with Gasteiger partial charge in [-0.05, 0) is 36.6 Å². The quantitative estimate of drug-likeness (QED) is 0.726. The molecule has 0 bridgehead atoms. The van der Waals surface area contributed by atoms with Gasteiger partial charge in [0.15, 0.2) is 0 Å². The van der Waals surface area contributed by atoms with Crippen molar-refractivity contribution in [3.8, 4) is 0 Å². The minimum absolute atomic E-state index is 0.0647. The van der Waals surface area contributed by atoms with Crippen LogP contribution in [0.3, 0.4) is 0 Å². The summed E-state index contributed by atoms with van der Waals surface area (Å²) in [7, 11) is 0. The van der Waals surface area contributed by atoms with Crippen LogP contribution in [0, 0.1) is 12.8 Å². The maximum atomic E-state index is 13.3. The first-order valence-corrected chi connectivity index (χ1v) is 10.6. The van der Waals surface area contributed by atoms with Crippen molar-refractivity contribution in [2.75, 3.05) is 45.9 Å². The average Bonchev–Trinajstić information content (AvgIpc) is 3.17. The van der Waals surface area contributed by atoms with Crippen LogP contribution >= 0.6 is 0 Å². The third kappa shape index (κ3) is 5.10. The van der Waals surface area contributed by atoms with Crippen LogP contribution in [0.25, 0.3) is 0 Å². The second kappa shape index (κ2) is 9.01. The van der Waals surface area contributed by atoms with Crippen LogP contribution < -0.4 is 0 Å². The van der Waals surface area contributed by atoms with Crippen LogP contribution in [0.5, 0.6) is 0 Å². The Morgan fingerprint density at radius 3 is 2.52 bits per heavy atom. The number of amides is 1. The fourth-order valence-electron chi connectivity index (χ4n) is 4.62. The number of nitrogens with zero attached hydrogens (tertiary/aromatic N) is 2. The Morgan fingerprint density at radius 2 is 1.81 bits per heavy atom. The predicted octanol–water partition coefficient (Wildman–Crippen LogP) is 4.20. The van der Waals surface area contributed by atoms with Gasteiger partial charge in [0.1, 0.15) is 0 Å². The smallest absolute Gasteiger partial charge is 0.379 e. The molecule has 31 heavy (non-hydrogen) atoms. The van der Waals surface area contributed by atoms with Gasteiger partial charge in [0.2, 0.25) is 0 Å². The molecule has 4 rings (SSSR count). The zero-order valence-electron chi connectivity index (χ0n) is 17.6. The number of rotatable bonds is 4. The molecular formula is C24H27F3N2O2. The minimum Gasteiger partial charge on any atom is -0.379 e. The molecule has 0 N–H and O–H groups in total.